The van der Waals surface area contributed by atoms with Gasteiger partial charge >= 0.3 is 0 Å². The molecule has 106 valence electrons. The van der Waals surface area contributed by atoms with E-state index < -0.39 is 0 Å². The van der Waals surface area contributed by atoms with E-state index in [-0.39, 0.29) is 0 Å². The Labute approximate surface area is 129 Å². The largest absolute Gasteiger partial charge is 0.340 e. The molecule has 0 aliphatic carbocycles. The predicted molar refractivity (Wildman–Crippen MR) is 92.7 cm³/mol. The summed E-state index contributed by atoms with van der Waals surface area (Å²) in [6, 6.07) is 14.9. The Hall–Kier alpha value is -2.00. The zero-order chi connectivity index (χ0) is 14.8. The van der Waals surface area contributed by atoms with Crippen LogP contribution in [0.25, 0.3) is 10.8 Å². The molecule has 0 radical (unpaired) electrons. The minimum absolute atomic E-state index is 0.910. The summed E-state index contributed by atoms with van der Waals surface area (Å²) in [4.78, 5) is 5.76. The van der Waals surface area contributed by atoms with E-state index in [0.29, 0.717) is 0 Å². The lowest BCUT2D eigenvalue weighted by Gasteiger charge is -2.11. The van der Waals surface area contributed by atoms with Crippen LogP contribution in [-0.4, -0.2) is 11.2 Å². The van der Waals surface area contributed by atoms with Crippen LogP contribution in [0.2, 0.25) is 0 Å². The number of nitrogens with one attached hydrogen (secondary N) is 1. The summed E-state index contributed by atoms with van der Waals surface area (Å²) in [5.74, 6) is 0.910. The molecule has 0 saturated heterocycles. The summed E-state index contributed by atoms with van der Waals surface area (Å²) in [7, 11) is 0. The van der Waals surface area contributed by atoms with E-state index in [1.165, 1.54) is 21.4 Å². The summed E-state index contributed by atoms with van der Waals surface area (Å²) in [5.41, 5.74) is 3.66. The van der Waals surface area contributed by atoms with Gasteiger partial charge in [-0.25, -0.2) is 4.98 Å². The number of anilines is 2. The first kappa shape index (κ1) is 14.0. The second-order valence-electron chi connectivity index (χ2n) is 5.17. The van der Waals surface area contributed by atoms with Gasteiger partial charge in [-0.05, 0) is 73.0 Å². The molecule has 1 aromatic heterocycles. The van der Waals surface area contributed by atoms with Crippen LogP contribution in [0, 0.1) is 13.8 Å². The minimum atomic E-state index is 0.910. The molecular weight excluding hydrogens is 276 g/mol. The monoisotopic (exact) mass is 294 g/mol. The highest BCUT2D eigenvalue weighted by atomic mass is 32.2. The van der Waals surface area contributed by atoms with E-state index in [2.05, 4.69) is 72.9 Å². The number of benzene rings is 2. The van der Waals surface area contributed by atoms with Crippen LogP contribution in [0.4, 0.5) is 11.5 Å². The van der Waals surface area contributed by atoms with Gasteiger partial charge in [-0.1, -0.05) is 6.07 Å². The topological polar surface area (TPSA) is 24.9 Å². The molecule has 0 unspecified atom stereocenters. The summed E-state index contributed by atoms with van der Waals surface area (Å²) in [5, 5.41) is 5.80. The molecule has 3 heteroatoms. The van der Waals surface area contributed by atoms with Crippen molar-refractivity contribution >= 4 is 34.0 Å². The number of thioether (sulfide) groups is 1. The first-order chi connectivity index (χ1) is 10.2. The van der Waals surface area contributed by atoms with Gasteiger partial charge in [-0.15, -0.1) is 11.8 Å². The second-order valence-corrected chi connectivity index (χ2v) is 6.05. The van der Waals surface area contributed by atoms with Gasteiger partial charge in [0, 0.05) is 22.2 Å². The van der Waals surface area contributed by atoms with Gasteiger partial charge in [0.15, 0.2) is 0 Å². The van der Waals surface area contributed by atoms with Crippen molar-refractivity contribution in [2.45, 2.75) is 18.7 Å². The summed E-state index contributed by atoms with van der Waals surface area (Å²) in [6.45, 7) is 4.28. The number of aromatic nitrogens is 1. The molecule has 1 N–H and O–H groups in total. The highest BCUT2D eigenvalue weighted by Gasteiger charge is 2.05. The van der Waals surface area contributed by atoms with Crippen LogP contribution < -0.4 is 5.32 Å². The lowest BCUT2D eigenvalue weighted by atomic mass is 10.0. The molecule has 3 aromatic rings. The van der Waals surface area contributed by atoms with E-state index in [9.17, 15) is 0 Å². The third-order valence-electron chi connectivity index (χ3n) is 3.73. The maximum atomic E-state index is 4.50. The van der Waals surface area contributed by atoms with Gasteiger partial charge in [-0.3, -0.25) is 0 Å². The number of aryl methyl sites for hydroxylation is 2. The van der Waals surface area contributed by atoms with Crippen molar-refractivity contribution in [3.63, 3.8) is 0 Å². The van der Waals surface area contributed by atoms with Crippen LogP contribution in [-0.2, 0) is 0 Å². The van der Waals surface area contributed by atoms with Crippen LogP contribution in [0.1, 0.15) is 11.1 Å². The molecule has 0 amide bonds. The quantitative estimate of drug-likeness (QED) is 0.662. The molecular formula is C18H18N2S. The van der Waals surface area contributed by atoms with Gasteiger partial charge in [-0.2, -0.15) is 0 Å². The third kappa shape index (κ3) is 2.88. The Bertz CT molecular complexity index is 779. The Balaban J connectivity index is 2.01. The second kappa shape index (κ2) is 5.78. The maximum Gasteiger partial charge on any atom is 0.138 e. The zero-order valence-electron chi connectivity index (χ0n) is 12.5. The number of rotatable bonds is 3. The Morgan fingerprint density at radius 3 is 2.38 bits per heavy atom. The average molecular weight is 294 g/mol. The van der Waals surface area contributed by atoms with Crippen molar-refractivity contribution in [2.24, 2.45) is 0 Å². The lowest BCUT2D eigenvalue weighted by Crippen LogP contribution is -1.95. The number of nitrogens with zero attached hydrogens (tertiary/aromatic N) is 1. The van der Waals surface area contributed by atoms with E-state index >= 15 is 0 Å². The zero-order valence-corrected chi connectivity index (χ0v) is 13.3. The fourth-order valence-electron chi connectivity index (χ4n) is 2.35. The van der Waals surface area contributed by atoms with Gasteiger partial charge in [0.1, 0.15) is 5.82 Å². The van der Waals surface area contributed by atoms with Crippen molar-refractivity contribution in [1.82, 2.24) is 4.98 Å². The number of hydrogen-bond acceptors (Lipinski definition) is 3. The van der Waals surface area contributed by atoms with Crippen LogP contribution in [0.5, 0.6) is 0 Å². The maximum absolute atomic E-state index is 4.50. The SMILES string of the molecule is CSc1ccc(Nc2nccc3cc(C)c(C)cc23)cc1. The van der Waals surface area contributed by atoms with Crippen molar-refractivity contribution in [3.05, 3.63) is 59.8 Å². The Morgan fingerprint density at radius 1 is 0.952 bits per heavy atom. The lowest BCUT2D eigenvalue weighted by molar-refractivity contribution is 1.31. The van der Waals surface area contributed by atoms with Crippen LogP contribution >= 0.6 is 11.8 Å². The highest BCUT2D eigenvalue weighted by molar-refractivity contribution is 7.98. The molecule has 0 aliphatic heterocycles. The van der Waals surface area contributed by atoms with Gasteiger partial charge in [0.25, 0.3) is 0 Å². The standard InChI is InChI=1S/C18H18N2S/c1-12-10-14-8-9-19-18(17(14)11-13(12)2)20-15-4-6-16(21-3)7-5-15/h4-11H,1-3H3,(H,19,20). The van der Waals surface area contributed by atoms with E-state index in [0.717, 1.165) is 16.9 Å². The Kier molecular flexibility index (Phi) is 3.84. The molecule has 0 aliphatic rings. The fraction of sp³-hybridized carbons (Fsp3) is 0.167. The van der Waals surface area contributed by atoms with Crippen molar-refractivity contribution in [3.8, 4) is 0 Å². The molecule has 2 aromatic carbocycles. The number of fused-ring (bicyclic) bond motifs is 1. The molecule has 1 heterocycles. The number of pyridine rings is 1. The molecule has 2 nitrogen and oxygen atoms in total. The molecule has 0 bridgehead atoms. The third-order valence-corrected chi connectivity index (χ3v) is 4.48. The van der Waals surface area contributed by atoms with E-state index in [1.54, 1.807) is 11.8 Å². The van der Waals surface area contributed by atoms with Crippen molar-refractivity contribution in [1.29, 1.82) is 0 Å². The summed E-state index contributed by atoms with van der Waals surface area (Å²) in [6.07, 6.45) is 3.94. The predicted octanol–water partition coefficient (Wildman–Crippen LogP) is 5.32. The smallest absolute Gasteiger partial charge is 0.138 e. The molecule has 21 heavy (non-hydrogen) atoms. The Morgan fingerprint density at radius 2 is 1.67 bits per heavy atom. The molecule has 0 fully saturated rings. The van der Waals surface area contributed by atoms with Crippen molar-refractivity contribution in [2.75, 3.05) is 11.6 Å². The van der Waals surface area contributed by atoms with Gasteiger partial charge in [0.05, 0.1) is 0 Å². The molecule has 3 rings (SSSR count). The molecule has 0 spiro atoms. The van der Waals surface area contributed by atoms with E-state index in [4.69, 9.17) is 0 Å². The summed E-state index contributed by atoms with van der Waals surface area (Å²) >= 11 is 1.75. The van der Waals surface area contributed by atoms with E-state index in [1.807, 2.05) is 6.20 Å². The molecule has 0 atom stereocenters. The fourth-order valence-corrected chi connectivity index (χ4v) is 2.76. The van der Waals surface area contributed by atoms with Crippen LogP contribution in [0.15, 0.2) is 53.6 Å². The minimum Gasteiger partial charge on any atom is -0.340 e. The highest BCUT2D eigenvalue weighted by Crippen LogP contribution is 2.27. The average Bonchev–Trinajstić information content (AvgIpc) is 2.50. The van der Waals surface area contributed by atoms with Gasteiger partial charge in [0.2, 0.25) is 0 Å². The molecule has 0 saturated carbocycles. The normalized spacial score (nSPS) is 10.8. The number of hydrogen-bond donors (Lipinski definition) is 1. The summed E-state index contributed by atoms with van der Waals surface area (Å²) < 4.78 is 0. The first-order valence-electron chi connectivity index (χ1n) is 6.94. The van der Waals surface area contributed by atoms with Crippen molar-refractivity contribution < 1.29 is 0 Å². The van der Waals surface area contributed by atoms with Gasteiger partial charge < -0.3 is 5.32 Å². The van der Waals surface area contributed by atoms with Crippen LogP contribution in [0.3, 0.4) is 0 Å². The first-order valence-corrected chi connectivity index (χ1v) is 8.17.